The monoisotopic (exact) mass is 227 g/mol. The van der Waals surface area contributed by atoms with Crippen LogP contribution in [0, 0.1) is 5.41 Å². The van der Waals surface area contributed by atoms with Crippen molar-refractivity contribution in [2.45, 2.75) is 85.6 Å². The minimum absolute atomic E-state index is 0.522. The quantitative estimate of drug-likeness (QED) is 0.531. The number of hydrogen-bond acceptors (Lipinski definition) is 1. The average molecular weight is 227 g/mol. The zero-order valence-corrected chi connectivity index (χ0v) is 12.2. The maximum atomic E-state index is 3.51. The van der Waals surface area contributed by atoms with E-state index in [1.54, 1.807) is 0 Å². The summed E-state index contributed by atoms with van der Waals surface area (Å²) < 4.78 is 0. The summed E-state index contributed by atoms with van der Waals surface area (Å²) in [6.45, 7) is 12.7. The molecular formula is C15H33N. The van der Waals surface area contributed by atoms with Crippen molar-refractivity contribution in [1.29, 1.82) is 0 Å². The van der Waals surface area contributed by atoms with Crippen molar-refractivity contribution >= 4 is 0 Å². The predicted molar refractivity (Wildman–Crippen MR) is 74.9 cm³/mol. The van der Waals surface area contributed by atoms with Crippen LogP contribution in [0.2, 0.25) is 0 Å². The molecule has 0 aromatic heterocycles. The SMILES string of the molecule is CCCCCCCC(C)(C)CCNC(C)C. The van der Waals surface area contributed by atoms with Crippen molar-refractivity contribution in [3.05, 3.63) is 0 Å². The fourth-order valence-electron chi connectivity index (χ4n) is 2.03. The lowest BCUT2D eigenvalue weighted by atomic mass is 9.83. The molecule has 1 heteroatoms. The minimum Gasteiger partial charge on any atom is -0.315 e. The Balaban J connectivity index is 3.46. The predicted octanol–water partition coefficient (Wildman–Crippen LogP) is 4.76. The molecule has 0 aromatic rings. The summed E-state index contributed by atoms with van der Waals surface area (Å²) in [5.74, 6) is 0. The summed E-state index contributed by atoms with van der Waals surface area (Å²) in [6.07, 6.45) is 9.72. The topological polar surface area (TPSA) is 12.0 Å². The average Bonchev–Trinajstić information content (AvgIpc) is 2.16. The Morgan fingerprint density at radius 3 is 2.12 bits per heavy atom. The molecule has 0 bridgehead atoms. The van der Waals surface area contributed by atoms with Crippen LogP contribution in [-0.4, -0.2) is 12.6 Å². The van der Waals surface area contributed by atoms with E-state index in [9.17, 15) is 0 Å². The fraction of sp³-hybridized carbons (Fsp3) is 1.00. The van der Waals surface area contributed by atoms with Gasteiger partial charge in [0.05, 0.1) is 0 Å². The first-order valence-electron chi connectivity index (χ1n) is 7.21. The molecule has 0 spiro atoms. The van der Waals surface area contributed by atoms with Gasteiger partial charge in [-0.2, -0.15) is 0 Å². The maximum absolute atomic E-state index is 3.51. The summed E-state index contributed by atoms with van der Waals surface area (Å²) in [7, 11) is 0. The Morgan fingerprint density at radius 2 is 1.56 bits per heavy atom. The summed E-state index contributed by atoms with van der Waals surface area (Å²) in [5.41, 5.74) is 0.522. The van der Waals surface area contributed by atoms with E-state index in [2.05, 4.69) is 39.9 Å². The van der Waals surface area contributed by atoms with Gasteiger partial charge in [0.15, 0.2) is 0 Å². The maximum Gasteiger partial charge on any atom is 0.00103 e. The highest BCUT2D eigenvalue weighted by molar-refractivity contribution is 4.70. The normalized spacial score (nSPS) is 12.4. The van der Waals surface area contributed by atoms with Crippen molar-refractivity contribution in [1.82, 2.24) is 5.32 Å². The van der Waals surface area contributed by atoms with Gasteiger partial charge in [-0.05, 0) is 24.8 Å². The van der Waals surface area contributed by atoms with Gasteiger partial charge in [0.1, 0.15) is 0 Å². The van der Waals surface area contributed by atoms with Gasteiger partial charge >= 0.3 is 0 Å². The molecule has 0 aliphatic carbocycles. The highest BCUT2D eigenvalue weighted by Crippen LogP contribution is 2.27. The van der Waals surface area contributed by atoms with Crippen LogP contribution < -0.4 is 5.32 Å². The van der Waals surface area contributed by atoms with Crippen molar-refractivity contribution < 1.29 is 0 Å². The molecular weight excluding hydrogens is 194 g/mol. The standard InChI is InChI=1S/C15H33N/c1-6-7-8-9-10-11-15(4,5)12-13-16-14(2)3/h14,16H,6-13H2,1-5H3. The van der Waals surface area contributed by atoms with Crippen molar-refractivity contribution in [3.8, 4) is 0 Å². The van der Waals surface area contributed by atoms with Crippen LogP contribution in [0.3, 0.4) is 0 Å². The van der Waals surface area contributed by atoms with Gasteiger partial charge in [-0.25, -0.2) is 0 Å². The molecule has 1 nitrogen and oxygen atoms in total. The zero-order valence-electron chi connectivity index (χ0n) is 12.2. The molecule has 1 N–H and O–H groups in total. The summed E-state index contributed by atoms with van der Waals surface area (Å²) in [6, 6.07) is 0.625. The number of nitrogens with one attached hydrogen (secondary N) is 1. The van der Waals surface area contributed by atoms with E-state index in [1.807, 2.05) is 0 Å². The van der Waals surface area contributed by atoms with E-state index in [0.717, 1.165) is 0 Å². The van der Waals surface area contributed by atoms with Gasteiger partial charge < -0.3 is 5.32 Å². The van der Waals surface area contributed by atoms with Gasteiger partial charge in [0, 0.05) is 6.04 Å². The van der Waals surface area contributed by atoms with Gasteiger partial charge in [0.2, 0.25) is 0 Å². The molecule has 0 aliphatic heterocycles. The lowest BCUT2D eigenvalue weighted by Gasteiger charge is -2.25. The summed E-state index contributed by atoms with van der Waals surface area (Å²) in [5, 5.41) is 3.51. The second-order valence-corrected chi connectivity index (χ2v) is 6.19. The van der Waals surface area contributed by atoms with Crippen LogP contribution in [0.1, 0.15) is 79.6 Å². The lowest BCUT2D eigenvalue weighted by molar-refractivity contribution is 0.286. The molecule has 0 amide bonds. The number of unbranched alkanes of at least 4 members (excludes halogenated alkanes) is 4. The third-order valence-electron chi connectivity index (χ3n) is 3.31. The van der Waals surface area contributed by atoms with Crippen molar-refractivity contribution in [2.24, 2.45) is 5.41 Å². The number of hydrogen-bond donors (Lipinski definition) is 1. The van der Waals surface area contributed by atoms with Gasteiger partial charge in [-0.1, -0.05) is 66.7 Å². The first-order chi connectivity index (χ1) is 7.48. The summed E-state index contributed by atoms with van der Waals surface area (Å²) in [4.78, 5) is 0. The second-order valence-electron chi connectivity index (χ2n) is 6.19. The summed E-state index contributed by atoms with van der Waals surface area (Å²) >= 11 is 0. The second kappa shape index (κ2) is 9.04. The van der Waals surface area contributed by atoms with Gasteiger partial charge in [-0.15, -0.1) is 0 Å². The molecule has 0 saturated heterocycles. The molecule has 0 rings (SSSR count). The molecule has 0 fully saturated rings. The number of rotatable bonds is 10. The third kappa shape index (κ3) is 10.5. The van der Waals surface area contributed by atoms with Crippen LogP contribution in [0.5, 0.6) is 0 Å². The molecule has 0 aliphatic rings. The van der Waals surface area contributed by atoms with Crippen LogP contribution in [0.25, 0.3) is 0 Å². The van der Waals surface area contributed by atoms with Gasteiger partial charge in [-0.3, -0.25) is 0 Å². The fourth-order valence-corrected chi connectivity index (χ4v) is 2.03. The molecule has 0 heterocycles. The first-order valence-corrected chi connectivity index (χ1v) is 7.21. The molecule has 16 heavy (non-hydrogen) atoms. The zero-order chi connectivity index (χ0) is 12.4. The van der Waals surface area contributed by atoms with Crippen LogP contribution >= 0.6 is 0 Å². The Hall–Kier alpha value is -0.0400. The van der Waals surface area contributed by atoms with E-state index in [4.69, 9.17) is 0 Å². The molecule has 0 atom stereocenters. The lowest BCUT2D eigenvalue weighted by Crippen LogP contribution is -2.27. The molecule has 0 aromatic carbocycles. The van der Waals surface area contributed by atoms with Crippen LogP contribution in [-0.2, 0) is 0 Å². The third-order valence-corrected chi connectivity index (χ3v) is 3.31. The molecule has 0 saturated carbocycles. The largest absolute Gasteiger partial charge is 0.315 e. The first kappa shape index (κ1) is 16.0. The Bertz CT molecular complexity index is 150. The molecule has 0 radical (unpaired) electrons. The van der Waals surface area contributed by atoms with E-state index in [-0.39, 0.29) is 0 Å². The van der Waals surface area contributed by atoms with Crippen molar-refractivity contribution in [3.63, 3.8) is 0 Å². The van der Waals surface area contributed by atoms with E-state index < -0.39 is 0 Å². The Morgan fingerprint density at radius 1 is 0.938 bits per heavy atom. The van der Waals surface area contributed by atoms with Crippen LogP contribution in [0.4, 0.5) is 0 Å². The van der Waals surface area contributed by atoms with Crippen molar-refractivity contribution in [2.75, 3.05) is 6.54 Å². The van der Waals surface area contributed by atoms with Crippen LogP contribution in [0.15, 0.2) is 0 Å². The smallest absolute Gasteiger partial charge is 0.00103 e. The Labute approximate surface area is 103 Å². The van der Waals surface area contributed by atoms with E-state index >= 15 is 0 Å². The Kier molecular flexibility index (Phi) is 9.02. The van der Waals surface area contributed by atoms with E-state index in [1.165, 1.54) is 51.5 Å². The minimum atomic E-state index is 0.522. The van der Waals surface area contributed by atoms with E-state index in [0.29, 0.717) is 11.5 Å². The highest BCUT2D eigenvalue weighted by Gasteiger charge is 2.16. The van der Waals surface area contributed by atoms with Gasteiger partial charge in [0.25, 0.3) is 0 Å². The molecule has 98 valence electrons. The molecule has 0 unspecified atom stereocenters. The highest BCUT2D eigenvalue weighted by atomic mass is 14.9.